The number of anilines is 1. The van der Waals surface area contributed by atoms with Crippen LogP contribution in [0.5, 0.6) is 0 Å². The first-order chi connectivity index (χ1) is 16.4. The molecule has 1 N–H and O–H groups in total. The molecule has 0 radical (unpaired) electrons. The molecule has 2 amide bonds. The minimum Gasteiger partial charge on any atom is -0.459 e. The second-order valence-corrected chi connectivity index (χ2v) is 8.91. The number of furan rings is 1. The van der Waals surface area contributed by atoms with Gasteiger partial charge in [0.1, 0.15) is 6.04 Å². The number of hydrogen-bond acceptors (Lipinski definition) is 4. The first-order valence-electron chi connectivity index (χ1n) is 11.8. The molecule has 0 spiro atoms. The van der Waals surface area contributed by atoms with Crippen molar-refractivity contribution < 1.29 is 18.8 Å². The zero-order valence-electron chi connectivity index (χ0n) is 19.6. The van der Waals surface area contributed by atoms with E-state index in [2.05, 4.69) is 5.32 Å². The molecule has 1 aliphatic rings. The molecule has 4 rings (SSSR count). The van der Waals surface area contributed by atoms with E-state index >= 15 is 0 Å². The summed E-state index contributed by atoms with van der Waals surface area (Å²) < 4.78 is 5.42. The molecule has 1 aliphatic carbocycles. The van der Waals surface area contributed by atoms with E-state index in [0.29, 0.717) is 16.8 Å². The SMILES string of the molecule is CC(=O)c1ccc(N(C(=O)c2ccco2)[C@H](C(=O)NC2CCCCC2)c2ccc(C)cc2)cc1. The van der Waals surface area contributed by atoms with Gasteiger partial charge >= 0.3 is 0 Å². The van der Waals surface area contributed by atoms with Crippen LogP contribution in [0.1, 0.15) is 77.1 Å². The molecule has 0 aliphatic heterocycles. The third-order valence-electron chi connectivity index (χ3n) is 6.35. The summed E-state index contributed by atoms with van der Waals surface area (Å²) in [7, 11) is 0. The summed E-state index contributed by atoms with van der Waals surface area (Å²) in [6, 6.07) is 16.8. The van der Waals surface area contributed by atoms with E-state index in [1.54, 1.807) is 36.4 Å². The van der Waals surface area contributed by atoms with Gasteiger partial charge in [-0.1, -0.05) is 49.1 Å². The van der Waals surface area contributed by atoms with Gasteiger partial charge in [-0.2, -0.15) is 0 Å². The number of aryl methyl sites for hydroxylation is 1. The fourth-order valence-electron chi connectivity index (χ4n) is 4.45. The average molecular weight is 459 g/mol. The Morgan fingerprint density at radius 3 is 2.21 bits per heavy atom. The molecule has 0 bridgehead atoms. The van der Waals surface area contributed by atoms with Gasteiger partial charge in [0, 0.05) is 17.3 Å². The van der Waals surface area contributed by atoms with E-state index in [4.69, 9.17) is 4.42 Å². The molecule has 2 aromatic carbocycles. The summed E-state index contributed by atoms with van der Waals surface area (Å²) in [5.41, 5.74) is 2.81. The summed E-state index contributed by atoms with van der Waals surface area (Å²) in [6.45, 7) is 3.47. The molecule has 6 heteroatoms. The number of carbonyl (C=O) groups is 3. The van der Waals surface area contributed by atoms with Gasteiger partial charge < -0.3 is 9.73 Å². The summed E-state index contributed by atoms with van der Waals surface area (Å²) in [5, 5.41) is 3.19. The number of nitrogens with zero attached hydrogens (tertiary/aromatic N) is 1. The van der Waals surface area contributed by atoms with Crippen LogP contribution in [0, 0.1) is 6.92 Å². The lowest BCUT2D eigenvalue weighted by atomic mass is 9.94. The van der Waals surface area contributed by atoms with Crippen molar-refractivity contribution in [3.05, 3.63) is 89.4 Å². The van der Waals surface area contributed by atoms with Gasteiger partial charge in [0.15, 0.2) is 11.5 Å². The minimum atomic E-state index is -0.900. The predicted octanol–water partition coefficient (Wildman–Crippen LogP) is 5.63. The van der Waals surface area contributed by atoms with Crippen LogP contribution >= 0.6 is 0 Å². The van der Waals surface area contributed by atoms with Crippen molar-refractivity contribution in [1.82, 2.24) is 5.32 Å². The van der Waals surface area contributed by atoms with Gasteiger partial charge in [0.25, 0.3) is 5.91 Å². The van der Waals surface area contributed by atoms with Crippen LogP contribution in [0.15, 0.2) is 71.3 Å². The van der Waals surface area contributed by atoms with Gasteiger partial charge in [0.2, 0.25) is 5.91 Å². The van der Waals surface area contributed by atoms with Crippen LogP contribution in [0.3, 0.4) is 0 Å². The Morgan fingerprint density at radius 2 is 1.62 bits per heavy atom. The molecule has 3 aromatic rings. The number of carbonyl (C=O) groups excluding carboxylic acids is 3. The Bertz CT molecular complexity index is 1130. The number of ketones is 1. The van der Waals surface area contributed by atoms with Crippen LogP contribution in [0.2, 0.25) is 0 Å². The maximum absolute atomic E-state index is 13.8. The minimum absolute atomic E-state index is 0.0689. The Morgan fingerprint density at radius 1 is 0.941 bits per heavy atom. The molecular weight excluding hydrogens is 428 g/mol. The monoisotopic (exact) mass is 458 g/mol. The zero-order valence-corrected chi connectivity index (χ0v) is 19.6. The topological polar surface area (TPSA) is 79.6 Å². The van der Waals surface area contributed by atoms with Crippen molar-refractivity contribution in [3.8, 4) is 0 Å². The van der Waals surface area contributed by atoms with Crippen LogP contribution in [0.4, 0.5) is 5.69 Å². The third-order valence-corrected chi connectivity index (χ3v) is 6.35. The molecule has 0 saturated heterocycles. The summed E-state index contributed by atoms with van der Waals surface area (Å²) >= 11 is 0. The van der Waals surface area contributed by atoms with Crippen LogP contribution in [-0.4, -0.2) is 23.6 Å². The first kappa shape index (κ1) is 23.5. The van der Waals surface area contributed by atoms with E-state index < -0.39 is 11.9 Å². The molecule has 1 atom stereocenters. The van der Waals surface area contributed by atoms with Crippen molar-refractivity contribution in [3.63, 3.8) is 0 Å². The maximum Gasteiger partial charge on any atom is 0.294 e. The van der Waals surface area contributed by atoms with Crippen molar-refractivity contribution in [2.75, 3.05) is 4.90 Å². The molecular formula is C28H30N2O4. The summed E-state index contributed by atoms with van der Waals surface area (Å²) in [4.78, 5) is 40.7. The number of rotatable bonds is 7. The molecule has 0 unspecified atom stereocenters. The van der Waals surface area contributed by atoms with Crippen molar-refractivity contribution in [1.29, 1.82) is 0 Å². The highest BCUT2D eigenvalue weighted by atomic mass is 16.3. The van der Waals surface area contributed by atoms with Crippen LogP contribution in [-0.2, 0) is 4.79 Å². The highest BCUT2D eigenvalue weighted by Gasteiger charge is 2.35. The highest BCUT2D eigenvalue weighted by molar-refractivity contribution is 6.09. The van der Waals surface area contributed by atoms with Crippen LogP contribution in [0.25, 0.3) is 0 Å². The zero-order chi connectivity index (χ0) is 24.1. The number of Topliss-reactive ketones (excluding diaryl/α,β-unsaturated/α-hetero) is 1. The lowest BCUT2D eigenvalue weighted by Gasteiger charge is -2.33. The van der Waals surface area contributed by atoms with Gasteiger partial charge in [-0.3, -0.25) is 19.3 Å². The van der Waals surface area contributed by atoms with E-state index in [9.17, 15) is 14.4 Å². The number of benzene rings is 2. The fourth-order valence-corrected chi connectivity index (χ4v) is 4.45. The highest BCUT2D eigenvalue weighted by Crippen LogP contribution is 2.31. The summed E-state index contributed by atoms with van der Waals surface area (Å²) in [5.74, 6) is -0.588. The standard InChI is InChI=1S/C28H30N2O4/c1-19-10-12-22(13-11-19)26(27(32)29-23-7-4-3-5-8-23)30(28(33)25-9-6-18-34-25)24-16-14-21(15-17-24)20(2)31/h6,9-18,23,26H,3-5,7-8H2,1-2H3,(H,29,32)/t26-/m0/s1. The van der Waals surface area contributed by atoms with Crippen LogP contribution < -0.4 is 10.2 Å². The number of amides is 2. The second-order valence-electron chi connectivity index (χ2n) is 8.91. The van der Waals surface area contributed by atoms with E-state index in [1.165, 1.54) is 24.5 Å². The van der Waals surface area contributed by atoms with Gasteiger partial charge in [-0.05, 0) is 68.7 Å². The molecule has 1 heterocycles. The van der Waals surface area contributed by atoms with Gasteiger partial charge in [-0.15, -0.1) is 0 Å². The molecule has 1 aromatic heterocycles. The third kappa shape index (κ3) is 5.28. The molecule has 34 heavy (non-hydrogen) atoms. The van der Waals surface area contributed by atoms with E-state index in [0.717, 1.165) is 31.2 Å². The Hall–Kier alpha value is -3.67. The van der Waals surface area contributed by atoms with Crippen molar-refractivity contribution in [2.45, 2.75) is 58.0 Å². The first-order valence-corrected chi connectivity index (χ1v) is 11.8. The predicted molar refractivity (Wildman–Crippen MR) is 131 cm³/mol. The second kappa shape index (κ2) is 10.5. The maximum atomic E-state index is 13.8. The largest absolute Gasteiger partial charge is 0.459 e. The smallest absolute Gasteiger partial charge is 0.294 e. The lowest BCUT2D eigenvalue weighted by Crippen LogP contribution is -2.47. The van der Waals surface area contributed by atoms with Gasteiger partial charge in [-0.25, -0.2) is 0 Å². The van der Waals surface area contributed by atoms with Crippen molar-refractivity contribution >= 4 is 23.3 Å². The fraction of sp³-hybridized carbons (Fsp3) is 0.321. The molecule has 1 saturated carbocycles. The molecule has 176 valence electrons. The van der Waals surface area contributed by atoms with E-state index in [1.807, 2.05) is 31.2 Å². The molecule has 6 nitrogen and oxygen atoms in total. The number of nitrogens with one attached hydrogen (secondary N) is 1. The normalized spacial score (nSPS) is 14.9. The van der Waals surface area contributed by atoms with Gasteiger partial charge in [0.05, 0.1) is 6.26 Å². The number of hydrogen-bond donors (Lipinski definition) is 1. The quantitative estimate of drug-likeness (QED) is 0.466. The average Bonchev–Trinajstić information content (AvgIpc) is 3.39. The van der Waals surface area contributed by atoms with E-state index in [-0.39, 0.29) is 23.5 Å². The summed E-state index contributed by atoms with van der Waals surface area (Å²) in [6.07, 6.45) is 6.66. The Kier molecular flexibility index (Phi) is 7.26. The van der Waals surface area contributed by atoms with Crippen molar-refractivity contribution in [2.24, 2.45) is 0 Å². The molecule has 1 fully saturated rings. The Balaban J connectivity index is 1.78. The Labute approximate surface area is 200 Å². The lowest BCUT2D eigenvalue weighted by molar-refractivity contribution is -0.123.